The van der Waals surface area contributed by atoms with E-state index in [1.807, 2.05) is 35.2 Å². The molecule has 144 valence electrons. The predicted molar refractivity (Wildman–Crippen MR) is 105 cm³/mol. The molecular weight excluding hydrogens is 350 g/mol. The number of hydrogen-bond acceptors (Lipinski definition) is 3. The van der Waals surface area contributed by atoms with Crippen molar-refractivity contribution in [3.63, 3.8) is 0 Å². The molecule has 0 saturated carbocycles. The van der Waals surface area contributed by atoms with E-state index < -0.39 is 0 Å². The molecule has 5 nitrogen and oxygen atoms in total. The topological polar surface area (TPSA) is 52.7 Å². The number of nitrogens with zero attached hydrogens (tertiary/aromatic N) is 2. The second-order valence-corrected chi connectivity index (χ2v) is 7.48. The number of halogens is 1. The number of nitrogens with one attached hydrogen (secondary N) is 1. The fraction of sp³-hybridized carbons (Fsp3) is 0.600. The smallest absolute Gasteiger partial charge is 0.224 e. The second kappa shape index (κ2) is 9.38. The molecule has 1 aromatic carbocycles. The molecule has 0 atom stereocenters. The molecule has 2 heterocycles. The third kappa shape index (κ3) is 5.21. The van der Waals surface area contributed by atoms with Crippen LogP contribution in [0, 0.1) is 5.41 Å². The Morgan fingerprint density at radius 2 is 1.85 bits per heavy atom. The van der Waals surface area contributed by atoms with Crippen LogP contribution in [0.2, 0.25) is 0 Å². The molecule has 2 aliphatic rings. The normalized spacial score (nSPS) is 18.4. The van der Waals surface area contributed by atoms with E-state index in [4.69, 9.17) is 0 Å². The van der Waals surface area contributed by atoms with Gasteiger partial charge in [-0.3, -0.25) is 9.59 Å². The lowest BCUT2D eigenvalue weighted by molar-refractivity contribution is -0.135. The Labute approximate surface area is 162 Å². The highest BCUT2D eigenvalue weighted by molar-refractivity contribution is 5.85. The summed E-state index contributed by atoms with van der Waals surface area (Å²) in [5, 5.41) is 3.45. The van der Waals surface area contributed by atoms with Gasteiger partial charge < -0.3 is 15.1 Å². The van der Waals surface area contributed by atoms with Gasteiger partial charge in [0.1, 0.15) is 0 Å². The van der Waals surface area contributed by atoms with Gasteiger partial charge in [0.2, 0.25) is 11.8 Å². The van der Waals surface area contributed by atoms with E-state index in [0.29, 0.717) is 24.9 Å². The molecule has 1 aromatic rings. The van der Waals surface area contributed by atoms with Crippen molar-refractivity contribution in [2.75, 3.05) is 32.7 Å². The van der Waals surface area contributed by atoms with Gasteiger partial charge >= 0.3 is 0 Å². The summed E-state index contributed by atoms with van der Waals surface area (Å²) in [4.78, 5) is 28.2. The molecule has 0 aromatic heterocycles. The average molecular weight is 380 g/mol. The maximum absolute atomic E-state index is 12.6. The summed E-state index contributed by atoms with van der Waals surface area (Å²) in [5.41, 5.74) is 1.52. The maximum Gasteiger partial charge on any atom is 0.224 e. The second-order valence-electron chi connectivity index (χ2n) is 7.48. The van der Waals surface area contributed by atoms with Gasteiger partial charge in [-0.2, -0.15) is 0 Å². The van der Waals surface area contributed by atoms with E-state index in [0.717, 1.165) is 44.6 Å². The molecule has 0 aliphatic carbocycles. The molecule has 3 rings (SSSR count). The van der Waals surface area contributed by atoms with Crippen molar-refractivity contribution < 1.29 is 9.59 Å². The fourth-order valence-electron chi connectivity index (χ4n) is 3.99. The third-order valence-electron chi connectivity index (χ3n) is 5.77. The number of hydrogen-bond donors (Lipinski definition) is 1. The van der Waals surface area contributed by atoms with Gasteiger partial charge in [0.15, 0.2) is 0 Å². The quantitative estimate of drug-likeness (QED) is 0.854. The molecular formula is C20H30ClN3O2. The molecule has 1 N–H and O–H groups in total. The molecule has 1 spiro atoms. The van der Waals surface area contributed by atoms with Crippen LogP contribution in [0.1, 0.15) is 38.2 Å². The van der Waals surface area contributed by atoms with Crippen molar-refractivity contribution in [2.24, 2.45) is 5.41 Å². The Morgan fingerprint density at radius 3 is 2.42 bits per heavy atom. The van der Waals surface area contributed by atoms with E-state index in [2.05, 4.69) is 5.32 Å². The standard InChI is InChI=1S/C20H29N3O2.ClH/c1-17(24)23(15-18-5-3-2-4-6-18)12-7-19(25)22-13-9-20(10-14-22)8-11-21-16-20;/h2-6,21H,7-16H2,1H3;1H. The summed E-state index contributed by atoms with van der Waals surface area (Å²) in [5.74, 6) is 0.200. The molecule has 26 heavy (non-hydrogen) atoms. The third-order valence-corrected chi connectivity index (χ3v) is 5.77. The number of carbonyl (C=O) groups excluding carboxylic acids is 2. The van der Waals surface area contributed by atoms with E-state index >= 15 is 0 Å². The van der Waals surface area contributed by atoms with Gasteiger partial charge in [0, 0.05) is 46.1 Å². The number of rotatable bonds is 5. The summed E-state index contributed by atoms with van der Waals surface area (Å²) >= 11 is 0. The highest BCUT2D eigenvalue weighted by Gasteiger charge is 2.37. The first-order valence-corrected chi connectivity index (χ1v) is 9.36. The molecule has 2 saturated heterocycles. The maximum atomic E-state index is 12.6. The number of likely N-dealkylation sites (tertiary alicyclic amines) is 1. The zero-order valence-corrected chi connectivity index (χ0v) is 16.4. The van der Waals surface area contributed by atoms with E-state index in [1.54, 1.807) is 11.8 Å². The fourth-order valence-corrected chi connectivity index (χ4v) is 3.99. The van der Waals surface area contributed by atoms with Crippen LogP contribution in [0.3, 0.4) is 0 Å². The summed E-state index contributed by atoms with van der Waals surface area (Å²) in [6.45, 7) is 6.57. The Bertz CT molecular complexity index is 592. The highest BCUT2D eigenvalue weighted by Crippen LogP contribution is 2.36. The van der Waals surface area contributed by atoms with E-state index in [-0.39, 0.29) is 24.2 Å². The monoisotopic (exact) mass is 379 g/mol. The number of piperidine rings is 1. The van der Waals surface area contributed by atoms with Gasteiger partial charge in [0.05, 0.1) is 0 Å². The Hall–Kier alpha value is -1.59. The van der Waals surface area contributed by atoms with Crippen molar-refractivity contribution >= 4 is 24.2 Å². The lowest BCUT2D eigenvalue weighted by atomic mass is 9.78. The molecule has 2 aliphatic heterocycles. The summed E-state index contributed by atoms with van der Waals surface area (Å²) < 4.78 is 0. The molecule has 6 heteroatoms. The van der Waals surface area contributed by atoms with E-state index in [1.165, 1.54) is 6.42 Å². The van der Waals surface area contributed by atoms with Gasteiger partial charge in [-0.05, 0) is 36.8 Å². The van der Waals surface area contributed by atoms with Crippen LogP contribution >= 0.6 is 12.4 Å². The lowest BCUT2D eigenvalue weighted by Crippen LogP contribution is -2.45. The van der Waals surface area contributed by atoms with Gasteiger partial charge in [-0.1, -0.05) is 30.3 Å². The van der Waals surface area contributed by atoms with Crippen LogP contribution in [-0.2, 0) is 16.1 Å². The average Bonchev–Trinajstić information content (AvgIpc) is 3.07. The first-order chi connectivity index (χ1) is 12.1. The summed E-state index contributed by atoms with van der Waals surface area (Å²) in [7, 11) is 0. The number of benzene rings is 1. The Kier molecular flexibility index (Phi) is 7.47. The molecule has 0 unspecified atom stereocenters. The molecule has 0 radical (unpaired) electrons. The van der Waals surface area contributed by atoms with Crippen LogP contribution in [0.15, 0.2) is 30.3 Å². The van der Waals surface area contributed by atoms with Crippen molar-refractivity contribution in [3.8, 4) is 0 Å². The van der Waals surface area contributed by atoms with Gasteiger partial charge in [-0.25, -0.2) is 0 Å². The molecule has 2 fully saturated rings. The summed E-state index contributed by atoms with van der Waals surface area (Å²) in [6.07, 6.45) is 3.86. The zero-order chi connectivity index (χ0) is 17.7. The highest BCUT2D eigenvalue weighted by atomic mass is 35.5. The van der Waals surface area contributed by atoms with E-state index in [9.17, 15) is 9.59 Å². The van der Waals surface area contributed by atoms with Crippen LogP contribution in [0.4, 0.5) is 0 Å². The Morgan fingerprint density at radius 1 is 1.15 bits per heavy atom. The first-order valence-electron chi connectivity index (χ1n) is 9.36. The van der Waals surface area contributed by atoms with Crippen molar-refractivity contribution in [1.29, 1.82) is 0 Å². The summed E-state index contributed by atoms with van der Waals surface area (Å²) in [6, 6.07) is 9.93. The van der Waals surface area contributed by atoms with Gasteiger partial charge in [-0.15, -0.1) is 12.4 Å². The van der Waals surface area contributed by atoms with Crippen LogP contribution < -0.4 is 5.32 Å². The van der Waals surface area contributed by atoms with Crippen molar-refractivity contribution in [2.45, 2.75) is 39.2 Å². The minimum absolute atomic E-state index is 0. The van der Waals surface area contributed by atoms with Crippen LogP contribution in [0.25, 0.3) is 0 Å². The van der Waals surface area contributed by atoms with Crippen LogP contribution in [0.5, 0.6) is 0 Å². The molecule has 0 bridgehead atoms. The first kappa shape index (κ1) is 20.7. The SMILES string of the molecule is CC(=O)N(CCC(=O)N1CCC2(CCNC2)CC1)Cc1ccccc1.Cl. The molecule has 2 amide bonds. The minimum Gasteiger partial charge on any atom is -0.343 e. The van der Waals surface area contributed by atoms with Gasteiger partial charge in [0.25, 0.3) is 0 Å². The van der Waals surface area contributed by atoms with Crippen LogP contribution in [-0.4, -0.2) is 54.3 Å². The largest absolute Gasteiger partial charge is 0.343 e. The van der Waals surface area contributed by atoms with Crippen molar-refractivity contribution in [1.82, 2.24) is 15.1 Å². The number of amides is 2. The zero-order valence-electron chi connectivity index (χ0n) is 15.6. The lowest BCUT2D eigenvalue weighted by Gasteiger charge is -2.39. The minimum atomic E-state index is 0. The number of carbonyl (C=O) groups is 2. The predicted octanol–water partition coefficient (Wildman–Crippen LogP) is 2.45. The van der Waals surface area contributed by atoms with Crippen molar-refractivity contribution in [3.05, 3.63) is 35.9 Å². The Balaban J connectivity index is 0.00000243.